The van der Waals surface area contributed by atoms with E-state index in [1.807, 2.05) is 18.2 Å². The maximum absolute atomic E-state index is 11.5. The van der Waals surface area contributed by atoms with Crippen LogP contribution in [0.5, 0.6) is 0 Å². The molecule has 1 saturated heterocycles. The zero-order valence-electron chi connectivity index (χ0n) is 12.7. The molecule has 0 bridgehead atoms. The van der Waals surface area contributed by atoms with Crippen LogP contribution in [-0.2, 0) is 16.1 Å². The number of nitrogens with one attached hydrogen (secondary N) is 2. The van der Waals surface area contributed by atoms with Crippen LogP contribution in [0.15, 0.2) is 30.3 Å². The fourth-order valence-electron chi connectivity index (χ4n) is 2.89. The van der Waals surface area contributed by atoms with E-state index in [2.05, 4.69) is 27.7 Å². The van der Waals surface area contributed by atoms with Crippen LogP contribution in [0.4, 0.5) is 0 Å². The lowest BCUT2D eigenvalue weighted by atomic mass is 9.98. The number of benzene rings is 1. The fourth-order valence-corrected chi connectivity index (χ4v) is 2.89. The molecule has 1 aliphatic rings. The second-order valence-corrected chi connectivity index (χ2v) is 5.82. The first-order valence-electron chi connectivity index (χ1n) is 7.29. The van der Waals surface area contributed by atoms with Gasteiger partial charge in [0.05, 0.1) is 5.54 Å². The lowest BCUT2D eigenvalue weighted by Crippen LogP contribution is -2.56. The first-order valence-corrected chi connectivity index (χ1v) is 7.29. The van der Waals surface area contributed by atoms with Crippen molar-refractivity contribution in [3.05, 3.63) is 35.9 Å². The van der Waals surface area contributed by atoms with Crippen LogP contribution in [0.2, 0.25) is 0 Å². The van der Waals surface area contributed by atoms with Gasteiger partial charge in [-0.05, 0) is 12.0 Å². The molecule has 2 amide bonds. The van der Waals surface area contributed by atoms with Gasteiger partial charge < -0.3 is 10.6 Å². The molecule has 5 heteroatoms. The average molecular weight is 289 g/mol. The molecule has 1 aliphatic heterocycles. The molecule has 2 rings (SSSR count). The molecule has 0 saturated carbocycles. The van der Waals surface area contributed by atoms with Crippen molar-refractivity contribution in [3.8, 4) is 0 Å². The maximum atomic E-state index is 11.5. The Bertz CT molecular complexity index is 504. The first kappa shape index (κ1) is 15.5. The Morgan fingerprint density at radius 2 is 1.90 bits per heavy atom. The maximum Gasteiger partial charge on any atom is 0.217 e. The standard InChI is InChI=1S/C16H23N3O2/c1-13(20)17-11-16(18-14(2)21)8-9-19(12-16)10-15-6-4-3-5-7-15/h3-7H,8-12H2,1-2H3,(H,17,20)(H,18,21). The Hall–Kier alpha value is -1.88. The van der Waals surface area contributed by atoms with E-state index in [-0.39, 0.29) is 17.4 Å². The van der Waals surface area contributed by atoms with Crippen LogP contribution in [0.1, 0.15) is 25.8 Å². The molecule has 114 valence electrons. The van der Waals surface area contributed by atoms with Crippen molar-refractivity contribution >= 4 is 11.8 Å². The molecule has 1 heterocycles. The molecule has 0 aromatic heterocycles. The van der Waals surface area contributed by atoms with E-state index in [9.17, 15) is 9.59 Å². The van der Waals surface area contributed by atoms with Gasteiger partial charge in [0.25, 0.3) is 0 Å². The number of nitrogens with zero attached hydrogens (tertiary/aromatic N) is 1. The van der Waals surface area contributed by atoms with E-state index >= 15 is 0 Å². The van der Waals surface area contributed by atoms with Crippen LogP contribution in [0.25, 0.3) is 0 Å². The van der Waals surface area contributed by atoms with Gasteiger partial charge in [-0.1, -0.05) is 30.3 Å². The van der Waals surface area contributed by atoms with Crippen molar-refractivity contribution in [2.75, 3.05) is 19.6 Å². The van der Waals surface area contributed by atoms with E-state index in [0.29, 0.717) is 6.54 Å². The summed E-state index contributed by atoms with van der Waals surface area (Å²) >= 11 is 0. The van der Waals surface area contributed by atoms with Gasteiger partial charge in [0.1, 0.15) is 0 Å². The normalized spacial score (nSPS) is 22.0. The van der Waals surface area contributed by atoms with Gasteiger partial charge in [-0.25, -0.2) is 0 Å². The zero-order chi connectivity index (χ0) is 15.3. The predicted octanol–water partition coefficient (Wildman–Crippen LogP) is 0.903. The number of hydrogen-bond donors (Lipinski definition) is 2. The van der Waals surface area contributed by atoms with E-state index in [1.165, 1.54) is 19.4 Å². The quantitative estimate of drug-likeness (QED) is 0.847. The van der Waals surface area contributed by atoms with Crippen LogP contribution in [0.3, 0.4) is 0 Å². The highest BCUT2D eigenvalue weighted by Crippen LogP contribution is 2.22. The Kier molecular flexibility index (Phi) is 4.96. The van der Waals surface area contributed by atoms with E-state index in [0.717, 1.165) is 26.1 Å². The van der Waals surface area contributed by atoms with Gasteiger partial charge in [0.15, 0.2) is 0 Å². The van der Waals surface area contributed by atoms with Crippen LogP contribution in [-0.4, -0.2) is 41.9 Å². The third-order valence-electron chi connectivity index (χ3n) is 3.80. The van der Waals surface area contributed by atoms with Crippen molar-refractivity contribution in [3.63, 3.8) is 0 Å². The van der Waals surface area contributed by atoms with E-state index in [1.54, 1.807) is 0 Å². The number of amides is 2. The Morgan fingerprint density at radius 3 is 2.52 bits per heavy atom. The minimum atomic E-state index is -0.355. The lowest BCUT2D eigenvalue weighted by molar-refractivity contribution is -0.122. The Balaban J connectivity index is 2.00. The zero-order valence-corrected chi connectivity index (χ0v) is 12.7. The summed E-state index contributed by atoms with van der Waals surface area (Å²) in [5, 5.41) is 5.87. The SMILES string of the molecule is CC(=O)NCC1(NC(C)=O)CCN(Cc2ccccc2)C1. The monoisotopic (exact) mass is 289 g/mol. The average Bonchev–Trinajstić information content (AvgIpc) is 2.80. The van der Waals surface area contributed by atoms with Gasteiger partial charge in [0, 0.05) is 40.0 Å². The molecule has 1 atom stereocenters. The van der Waals surface area contributed by atoms with Gasteiger partial charge >= 0.3 is 0 Å². The highest BCUT2D eigenvalue weighted by atomic mass is 16.2. The molecule has 21 heavy (non-hydrogen) atoms. The van der Waals surface area contributed by atoms with E-state index in [4.69, 9.17) is 0 Å². The summed E-state index contributed by atoms with van der Waals surface area (Å²) in [6, 6.07) is 10.3. The van der Waals surface area contributed by atoms with Crippen molar-refractivity contribution < 1.29 is 9.59 Å². The first-order chi connectivity index (χ1) is 9.99. The third kappa shape index (κ3) is 4.56. The fraction of sp³-hybridized carbons (Fsp3) is 0.500. The van der Waals surface area contributed by atoms with E-state index < -0.39 is 0 Å². The number of carbonyl (C=O) groups is 2. The van der Waals surface area contributed by atoms with Crippen molar-refractivity contribution in [2.24, 2.45) is 0 Å². The molecule has 1 aromatic carbocycles. The lowest BCUT2D eigenvalue weighted by Gasteiger charge is -2.30. The topological polar surface area (TPSA) is 61.4 Å². The Labute approximate surface area is 125 Å². The van der Waals surface area contributed by atoms with Crippen molar-refractivity contribution in [2.45, 2.75) is 32.4 Å². The highest BCUT2D eigenvalue weighted by Gasteiger charge is 2.38. The summed E-state index contributed by atoms with van der Waals surface area (Å²) in [5.41, 5.74) is 0.905. The summed E-state index contributed by atoms with van der Waals surface area (Å²) in [5.74, 6) is -0.122. The van der Waals surface area contributed by atoms with Gasteiger partial charge in [-0.3, -0.25) is 14.5 Å². The number of likely N-dealkylation sites (tertiary alicyclic amines) is 1. The molecular formula is C16H23N3O2. The van der Waals surface area contributed by atoms with Crippen LogP contribution >= 0.6 is 0 Å². The van der Waals surface area contributed by atoms with Gasteiger partial charge in [-0.15, -0.1) is 0 Å². The largest absolute Gasteiger partial charge is 0.354 e. The summed E-state index contributed by atoms with van der Waals surface area (Å²) in [7, 11) is 0. The summed E-state index contributed by atoms with van der Waals surface area (Å²) in [4.78, 5) is 24.9. The minimum Gasteiger partial charge on any atom is -0.354 e. The summed E-state index contributed by atoms with van der Waals surface area (Å²) in [6.07, 6.45) is 0.847. The second-order valence-electron chi connectivity index (χ2n) is 5.82. The molecule has 1 aromatic rings. The molecule has 2 N–H and O–H groups in total. The molecule has 0 radical (unpaired) electrons. The molecule has 1 unspecified atom stereocenters. The minimum absolute atomic E-state index is 0.0538. The van der Waals surface area contributed by atoms with Crippen LogP contribution in [0, 0.1) is 0 Å². The molecule has 5 nitrogen and oxygen atoms in total. The predicted molar refractivity (Wildman–Crippen MR) is 81.6 cm³/mol. The summed E-state index contributed by atoms with van der Waals surface area (Å²) < 4.78 is 0. The molecule has 0 aliphatic carbocycles. The summed E-state index contributed by atoms with van der Waals surface area (Å²) in [6.45, 7) is 6.03. The number of carbonyl (C=O) groups excluding carboxylic acids is 2. The number of rotatable bonds is 5. The van der Waals surface area contributed by atoms with Crippen molar-refractivity contribution in [1.29, 1.82) is 0 Å². The molecular weight excluding hydrogens is 266 g/mol. The molecule has 1 fully saturated rings. The smallest absolute Gasteiger partial charge is 0.217 e. The van der Waals surface area contributed by atoms with Gasteiger partial charge in [0.2, 0.25) is 11.8 Å². The highest BCUT2D eigenvalue weighted by molar-refractivity contribution is 5.75. The number of hydrogen-bond acceptors (Lipinski definition) is 3. The molecule has 0 spiro atoms. The third-order valence-corrected chi connectivity index (χ3v) is 3.80. The van der Waals surface area contributed by atoms with Crippen molar-refractivity contribution in [1.82, 2.24) is 15.5 Å². The van der Waals surface area contributed by atoms with Gasteiger partial charge in [-0.2, -0.15) is 0 Å². The van der Waals surface area contributed by atoms with Crippen LogP contribution < -0.4 is 10.6 Å². The Morgan fingerprint density at radius 1 is 1.19 bits per heavy atom. The second kappa shape index (κ2) is 6.72.